The molecule has 0 aliphatic heterocycles. The van der Waals surface area contributed by atoms with Crippen molar-refractivity contribution in [3.8, 4) is 5.75 Å². The van der Waals surface area contributed by atoms with Gasteiger partial charge in [-0.15, -0.1) is 0 Å². The van der Waals surface area contributed by atoms with Gasteiger partial charge < -0.3 is 14.8 Å². The van der Waals surface area contributed by atoms with Crippen molar-refractivity contribution < 1.29 is 19.2 Å². The lowest BCUT2D eigenvalue weighted by molar-refractivity contribution is 0.285. The molecule has 0 atom stereocenters. The Labute approximate surface area is 87.6 Å². The van der Waals surface area contributed by atoms with Crippen LogP contribution >= 0.6 is 0 Å². The highest BCUT2D eigenvalue weighted by Crippen LogP contribution is 2.29. The molecule has 1 aliphatic rings. The van der Waals surface area contributed by atoms with E-state index in [1.807, 2.05) is 0 Å². The number of halogens is 1. The molecule has 3 nitrogen and oxygen atoms in total. The molecule has 1 aromatic rings. The molecule has 0 saturated heterocycles. The lowest BCUT2D eigenvalue weighted by Gasteiger charge is -2.08. The molecule has 0 aromatic heterocycles. The van der Waals surface area contributed by atoms with E-state index in [2.05, 4.69) is 0 Å². The van der Waals surface area contributed by atoms with Gasteiger partial charge in [0.15, 0.2) is 11.6 Å². The summed E-state index contributed by atoms with van der Waals surface area (Å²) in [6.45, 7) is 0.502. The molecule has 1 aliphatic carbocycles. The zero-order chi connectivity index (χ0) is 10.8. The average Bonchev–Trinajstić information content (AvgIpc) is 3.00. The lowest BCUT2D eigenvalue weighted by atomic mass is 9.80. The van der Waals surface area contributed by atoms with Crippen LogP contribution in [0.25, 0.3) is 0 Å². The Kier molecular flexibility index (Phi) is 2.93. The maximum absolute atomic E-state index is 13.2. The molecule has 0 amide bonds. The van der Waals surface area contributed by atoms with Crippen LogP contribution in [0.2, 0.25) is 0 Å². The van der Waals surface area contributed by atoms with Crippen LogP contribution in [0.3, 0.4) is 0 Å². The molecule has 0 unspecified atom stereocenters. The van der Waals surface area contributed by atoms with Gasteiger partial charge in [-0.2, -0.15) is 0 Å². The molecule has 1 fully saturated rings. The van der Waals surface area contributed by atoms with Crippen molar-refractivity contribution in [3.05, 3.63) is 24.0 Å². The molecule has 80 valence electrons. The Morgan fingerprint density at radius 3 is 2.73 bits per heavy atom. The normalized spacial score (nSPS) is 15.1. The predicted octanol–water partition coefficient (Wildman–Crippen LogP) is 0.294. The van der Waals surface area contributed by atoms with Crippen molar-refractivity contribution >= 4 is 12.6 Å². The van der Waals surface area contributed by atoms with E-state index in [4.69, 9.17) is 14.8 Å². The summed E-state index contributed by atoms with van der Waals surface area (Å²) in [5.41, 5.74) is 0.238. The summed E-state index contributed by atoms with van der Waals surface area (Å²) in [5, 5.41) is 17.8. The molecule has 15 heavy (non-hydrogen) atoms. The molecular formula is C10H12BFO3. The van der Waals surface area contributed by atoms with E-state index in [9.17, 15) is 4.39 Å². The monoisotopic (exact) mass is 210 g/mol. The van der Waals surface area contributed by atoms with Crippen LogP contribution in [0, 0.1) is 11.7 Å². The maximum Gasteiger partial charge on any atom is 0.488 e. The molecule has 1 aromatic carbocycles. The van der Waals surface area contributed by atoms with E-state index in [1.165, 1.54) is 18.2 Å². The zero-order valence-corrected chi connectivity index (χ0v) is 8.19. The summed E-state index contributed by atoms with van der Waals surface area (Å²) in [5.74, 6) is 0.152. The summed E-state index contributed by atoms with van der Waals surface area (Å²) in [6, 6.07) is 3.82. The first-order valence-electron chi connectivity index (χ1n) is 4.95. The van der Waals surface area contributed by atoms with Crippen molar-refractivity contribution in [2.75, 3.05) is 6.61 Å². The molecule has 0 spiro atoms. The van der Waals surface area contributed by atoms with Crippen molar-refractivity contribution in [2.24, 2.45) is 5.92 Å². The van der Waals surface area contributed by atoms with Crippen molar-refractivity contribution in [1.82, 2.24) is 0 Å². The first-order valence-corrected chi connectivity index (χ1v) is 4.95. The van der Waals surface area contributed by atoms with Crippen LogP contribution in [0.5, 0.6) is 5.75 Å². The minimum atomic E-state index is -1.59. The number of hydrogen-bond acceptors (Lipinski definition) is 3. The van der Waals surface area contributed by atoms with E-state index >= 15 is 0 Å². The van der Waals surface area contributed by atoms with Gasteiger partial charge in [-0.05, 0) is 36.4 Å². The second kappa shape index (κ2) is 4.20. The second-order valence-electron chi connectivity index (χ2n) is 3.82. The Bertz CT molecular complexity index is 353. The Morgan fingerprint density at radius 1 is 1.40 bits per heavy atom. The number of hydrogen-bond donors (Lipinski definition) is 2. The van der Waals surface area contributed by atoms with Gasteiger partial charge in [0.05, 0.1) is 6.61 Å². The lowest BCUT2D eigenvalue weighted by Crippen LogP contribution is -2.29. The molecule has 0 bridgehead atoms. The van der Waals surface area contributed by atoms with E-state index in [0.29, 0.717) is 12.5 Å². The molecule has 0 heterocycles. The fourth-order valence-corrected chi connectivity index (χ4v) is 1.28. The predicted molar refractivity (Wildman–Crippen MR) is 54.4 cm³/mol. The number of rotatable bonds is 4. The third-order valence-electron chi connectivity index (χ3n) is 2.42. The smallest absolute Gasteiger partial charge is 0.488 e. The fourth-order valence-electron chi connectivity index (χ4n) is 1.28. The first-order chi connectivity index (χ1) is 7.16. The van der Waals surface area contributed by atoms with Gasteiger partial charge in [0.2, 0.25) is 0 Å². The van der Waals surface area contributed by atoms with E-state index in [0.717, 1.165) is 12.8 Å². The van der Waals surface area contributed by atoms with Gasteiger partial charge in [0.25, 0.3) is 0 Å². The van der Waals surface area contributed by atoms with Crippen LogP contribution in [0.1, 0.15) is 12.8 Å². The standard InChI is InChI=1S/C10H12BFO3/c12-9-4-3-8(11(13)14)5-10(9)15-6-7-1-2-7/h3-5,7,13-14H,1-2,6H2. The third kappa shape index (κ3) is 2.70. The van der Waals surface area contributed by atoms with E-state index in [-0.39, 0.29) is 11.2 Å². The van der Waals surface area contributed by atoms with Gasteiger partial charge in [0.1, 0.15) is 0 Å². The quantitative estimate of drug-likeness (QED) is 0.702. The molecule has 2 N–H and O–H groups in total. The number of benzene rings is 1. The van der Waals surface area contributed by atoms with Crippen LogP contribution in [0.15, 0.2) is 18.2 Å². The fraction of sp³-hybridized carbons (Fsp3) is 0.400. The summed E-state index contributed by atoms with van der Waals surface area (Å²) in [7, 11) is -1.59. The van der Waals surface area contributed by atoms with Gasteiger partial charge in [0, 0.05) is 0 Å². The van der Waals surface area contributed by atoms with Gasteiger partial charge in [-0.3, -0.25) is 0 Å². The van der Waals surface area contributed by atoms with Gasteiger partial charge in [-0.1, -0.05) is 6.07 Å². The Balaban J connectivity index is 2.08. The highest BCUT2D eigenvalue weighted by Gasteiger charge is 2.23. The SMILES string of the molecule is OB(O)c1ccc(F)c(OCC2CC2)c1. The summed E-state index contributed by atoms with van der Waals surface area (Å²) in [4.78, 5) is 0. The molecule has 0 radical (unpaired) electrons. The minimum absolute atomic E-state index is 0.0903. The van der Waals surface area contributed by atoms with Crippen molar-refractivity contribution in [1.29, 1.82) is 0 Å². The van der Waals surface area contributed by atoms with E-state index < -0.39 is 12.9 Å². The van der Waals surface area contributed by atoms with Crippen LogP contribution < -0.4 is 10.2 Å². The average molecular weight is 210 g/mol. The van der Waals surface area contributed by atoms with Crippen LogP contribution in [-0.4, -0.2) is 23.8 Å². The van der Waals surface area contributed by atoms with Crippen LogP contribution in [0.4, 0.5) is 4.39 Å². The highest BCUT2D eigenvalue weighted by molar-refractivity contribution is 6.58. The second-order valence-corrected chi connectivity index (χ2v) is 3.82. The van der Waals surface area contributed by atoms with Gasteiger partial charge >= 0.3 is 7.12 Å². The summed E-state index contributed by atoms with van der Waals surface area (Å²) < 4.78 is 18.5. The summed E-state index contributed by atoms with van der Waals surface area (Å²) in [6.07, 6.45) is 2.26. The van der Waals surface area contributed by atoms with E-state index in [1.54, 1.807) is 0 Å². The molecule has 1 saturated carbocycles. The first kappa shape index (κ1) is 10.5. The zero-order valence-electron chi connectivity index (χ0n) is 8.19. The Hall–Kier alpha value is -1.07. The molecule has 5 heteroatoms. The van der Waals surface area contributed by atoms with Crippen molar-refractivity contribution in [3.63, 3.8) is 0 Å². The van der Waals surface area contributed by atoms with Gasteiger partial charge in [-0.25, -0.2) is 4.39 Å². The maximum atomic E-state index is 13.2. The molecule has 2 rings (SSSR count). The van der Waals surface area contributed by atoms with Crippen LogP contribution in [-0.2, 0) is 0 Å². The van der Waals surface area contributed by atoms with Crippen molar-refractivity contribution in [2.45, 2.75) is 12.8 Å². The minimum Gasteiger partial charge on any atom is -0.490 e. The topological polar surface area (TPSA) is 49.7 Å². The molecular weight excluding hydrogens is 198 g/mol. The number of ether oxygens (including phenoxy) is 1. The third-order valence-corrected chi connectivity index (χ3v) is 2.42. The summed E-state index contributed by atoms with van der Waals surface area (Å²) >= 11 is 0. The Morgan fingerprint density at radius 2 is 2.13 bits per heavy atom. The highest BCUT2D eigenvalue weighted by atomic mass is 19.1. The largest absolute Gasteiger partial charge is 0.490 e.